The second-order valence-electron chi connectivity index (χ2n) is 8.09. The van der Waals surface area contributed by atoms with Crippen molar-refractivity contribution < 1.29 is 9.53 Å². The molecular weight excluding hydrogens is 438 g/mol. The van der Waals surface area contributed by atoms with Gasteiger partial charge in [-0.25, -0.2) is 4.79 Å². The Hall–Kier alpha value is -3.65. The van der Waals surface area contributed by atoms with Crippen LogP contribution in [0.4, 0.5) is 5.69 Å². The van der Waals surface area contributed by atoms with E-state index >= 15 is 0 Å². The molecule has 2 aromatic heterocycles. The molecule has 1 aliphatic rings. The minimum atomic E-state index is -0.527. The van der Waals surface area contributed by atoms with Crippen LogP contribution in [0.15, 0.2) is 63.5 Å². The Kier molecular flexibility index (Phi) is 5.60. The Morgan fingerprint density at radius 3 is 2.73 bits per heavy atom. The summed E-state index contributed by atoms with van der Waals surface area (Å²) in [6.07, 6.45) is 3.22. The Morgan fingerprint density at radius 2 is 1.88 bits per heavy atom. The summed E-state index contributed by atoms with van der Waals surface area (Å²) in [6.45, 7) is -0.128. The van der Waals surface area contributed by atoms with E-state index in [1.807, 2.05) is 30.3 Å². The Morgan fingerprint density at radius 1 is 1.06 bits per heavy atom. The van der Waals surface area contributed by atoms with Gasteiger partial charge in [-0.2, -0.15) is 0 Å². The summed E-state index contributed by atoms with van der Waals surface area (Å²) < 4.78 is 8.35. The van der Waals surface area contributed by atoms with Crippen LogP contribution < -0.4 is 21.3 Å². The second-order valence-corrected chi connectivity index (χ2v) is 9.01. The first-order chi connectivity index (χ1) is 16.0. The molecule has 0 fully saturated rings. The van der Waals surface area contributed by atoms with Crippen molar-refractivity contribution in [2.45, 2.75) is 32.4 Å². The molecule has 33 heavy (non-hydrogen) atoms. The van der Waals surface area contributed by atoms with Crippen molar-refractivity contribution in [3.05, 3.63) is 91.4 Å². The summed E-state index contributed by atoms with van der Waals surface area (Å²) in [6, 6.07) is 14.9. The number of nitrogens with one attached hydrogen (secondary N) is 1. The quantitative estimate of drug-likeness (QED) is 0.477. The minimum Gasteiger partial charge on any atom is -0.496 e. The van der Waals surface area contributed by atoms with Crippen LogP contribution in [-0.2, 0) is 30.7 Å². The summed E-state index contributed by atoms with van der Waals surface area (Å²) in [5, 5.41) is 4.66. The number of para-hydroxylation sites is 1. The minimum absolute atomic E-state index is 0.0575. The molecule has 0 saturated carbocycles. The number of amides is 1. The average Bonchev–Trinajstić information content (AvgIpc) is 3.49. The number of nitrogens with zero attached hydrogens (tertiary/aromatic N) is 2. The monoisotopic (exact) mass is 461 g/mol. The van der Waals surface area contributed by atoms with Crippen molar-refractivity contribution in [2.75, 3.05) is 12.4 Å². The molecule has 1 amide bonds. The molecule has 8 heteroatoms. The SMILES string of the molecule is COc1ccccc1Cn1c(=O)c2sccc2n(CC(=O)Nc2ccc3c(c2)CCC3)c1=O. The standard InChI is InChI=1S/C25H23N3O4S/c1-32-21-8-3-2-5-18(21)14-28-24(30)23-20(11-12-33-23)27(25(28)31)15-22(29)26-19-10-9-16-6-4-7-17(16)13-19/h2-3,5,8-13H,4,6-7,14-15H2,1H3,(H,26,29). The maximum absolute atomic E-state index is 13.4. The first kappa shape index (κ1) is 21.2. The van der Waals surface area contributed by atoms with Crippen LogP contribution in [0.1, 0.15) is 23.1 Å². The molecule has 0 atom stereocenters. The number of hydrogen-bond donors (Lipinski definition) is 1. The number of anilines is 1. The lowest BCUT2D eigenvalue weighted by molar-refractivity contribution is -0.116. The zero-order valence-corrected chi connectivity index (χ0v) is 19.0. The number of ether oxygens (including phenoxy) is 1. The molecule has 0 aliphatic heterocycles. The zero-order valence-electron chi connectivity index (χ0n) is 18.2. The van der Waals surface area contributed by atoms with Gasteiger partial charge in [0.05, 0.1) is 19.2 Å². The van der Waals surface area contributed by atoms with Crippen LogP contribution in [-0.4, -0.2) is 22.2 Å². The van der Waals surface area contributed by atoms with Crippen LogP contribution in [0.3, 0.4) is 0 Å². The van der Waals surface area contributed by atoms with E-state index in [1.165, 1.54) is 31.6 Å². The lowest BCUT2D eigenvalue weighted by Gasteiger charge is -2.14. The van der Waals surface area contributed by atoms with Gasteiger partial charge in [0.2, 0.25) is 5.91 Å². The van der Waals surface area contributed by atoms with Crippen LogP contribution in [0.5, 0.6) is 5.75 Å². The number of benzene rings is 2. The van der Waals surface area contributed by atoms with Gasteiger partial charge in [0, 0.05) is 11.3 Å². The van der Waals surface area contributed by atoms with Gasteiger partial charge in [0.15, 0.2) is 0 Å². The molecule has 1 N–H and O–H groups in total. The zero-order chi connectivity index (χ0) is 22.9. The summed E-state index contributed by atoms with van der Waals surface area (Å²) in [7, 11) is 1.55. The molecule has 0 bridgehead atoms. The van der Waals surface area contributed by atoms with Crippen LogP contribution >= 0.6 is 11.3 Å². The first-order valence-corrected chi connectivity index (χ1v) is 11.7. The Labute approximate surface area is 193 Å². The van der Waals surface area contributed by atoms with Gasteiger partial charge in [0.1, 0.15) is 17.0 Å². The van der Waals surface area contributed by atoms with Gasteiger partial charge < -0.3 is 10.1 Å². The lowest BCUT2D eigenvalue weighted by atomic mass is 10.1. The molecule has 2 heterocycles. The van der Waals surface area contributed by atoms with Gasteiger partial charge >= 0.3 is 5.69 Å². The van der Waals surface area contributed by atoms with Crippen LogP contribution in [0.25, 0.3) is 10.2 Å². The third-order valence-corrected chi connectivity index (χ3v) is 6.93. The predicted octanol–water partition coefficient (Wildman–Crippen LogP) is 3.41. The number of thiophene rings is 1. The van der Waals surface area contributed by atoms with Gasteiger partial charge in [-0.1, -0.05) is 24.3 Å². The average molecular weight is 462 g/mol. The van der Waals surface area contributed by atoms with Crippen LogP contribution in [0, 0.1) is 0 Å². The van der Waals surface area contributed by atoms with E-state index in [0.717, 1.165) is 24.9 Å². The number of rotatable bonds is 6. The molecule has 0 saturated heterocycles. The smallest absolute Gasteiger partial charge is 0.332 e. The van der Waals surface area contributed by atoms with Gasteiger partial charge in [-0.15, -0.1) is 11.3 Å². The largest absolute Gasteiger partial charge is 0.496 e. The maximum Gasteiger partial charge on any atom is 0.332 e. The van der Waals surface area contributed by atoms with Crippen molar-refractivity contribution in [2.24, 2.45) is 0 Å². The topological polar surface area (TPSA) is 82.3 Å². The molecule has 2 aromatic carbocycles. The highest BCUT2D eigenvalue weighted by molar-refractivity contribution is 7.17. The van der Waals surface area contributed by atoms with Crippen molar-refractivity contribution >= 4 is 33.1 Å². The Bertz CT molecular complexity index is 1480. The summed E-state index contributed by atoms with van der Waals surface area (Å²) in [5.74, 6) is 0.279. The van der Waals surface area contributed by atoms with E-state index in [-0.39, 0.29) is 24.6 Å². The second kappa shape index (κ2) is 8.71. The molecule has 0 radical (unpaired) electrons. The van der Waals surface area contributed by atoms with E-state index in [9.17, 15) is 14.4 Å². The molecule has 5 rings (SSSR count). The number of carbonyl (C=O) groups excluding carboxylic acids is 1. The van der Waals surface area contributed by atoms with Crippen molar-refractivity contribution in [1.82, 2.24) is 9.13 Å². The van der Waals surface area contributed by atoms with Gasteiger partial charge in [-0.3, -0.25) is 18.7 Å². The fourth-order valence-corrected chi connectivity index (χ4v) is 5.27. The summed E-state index contributed by atoms with van der Waals surface area (Å²) in [5.41, 5.74) is 3.59. The fraction of sp³-hybridized carbons (Fsp3) is 0.240. The number of aromatic nitrogens is 2. The summed E-state index contributed by atoms with van der Waals surface area (Å²) in [4.78, 5) is 39.3. The first-order valence-electron chi connectivity index (χ1n) is 10.8. The normalized spacial score (nSPS) is 12.6. The molecular formula is C25H23N3O4S. The van der Waals surface area contributed by atoms with Crippen molar-refractivity contribution in [3.8, 4) is 5.75 Å². The highest BCUT2D eigenvalue weighted by Gasteiger charge is 2.18. The third-order valence-electron chi connectivity index (χ3n) is 6.04. The number of carbonyl (C=O) groups is 1. The van der Waals surface area contributed by atoms with Crippen LogP contribution in [0.2, 0.25) is 0 Å². The van der Waals surface area contributed by atoms with E-state index in [4.69, 9.17) is 4.74 Å². The highest BCUT2D eigenvalue weighted by atomic mass is 32.1. The van der Waals surface area contributed by atoms with E-state index in [0.29, 0.717) is 21.5 Å². The molecule has 7 nitrogen and oxygen atoms in total. The number of methoxy groups -OCH3 is 1. The molecule has 4 aromatic rings. The van der Waals surface area contributed by atoms with E-state index < -0.39 is 5.69 Å². The molecule has 1 aliphatic carbocycles. The van der Waals surface area contributed by atoms with E-state index in [2.05, 4.69) is 11.4 Å². The molecule has 0 unspecified atom stereocenters. The lowest BCUT2D eigenvalue weighted by Crippen LogP contribution is -2.41. The van der Waals surface area contributed by atoms with E-state index in [1.54, 1.807) is 24.6 Å². The fourth-order valence-electron chi connectivity index (χ4n) is 4.42. The summed E-state index contributed by atoms with van der Waals surface area (Å²) >= 11 is 1.26. The third kappa shape index (κ3) is 3.98. The Balaban J connectivity index is 1.49. The maximum atomic E-state index is 13.4. The number of aryl methyl sites for hydroxylation is 2. The van der Waals surface area contributed by atoms with Crippen molar-refractivity contribution in [3.63, 3.8) is 0 Å². The predicted molar refractivity (Wildman–Crippen MR) is 130 cm³/mol. The number of hydrogen-bond acceptors (Lipinski definition) is 5. The molecule has 0 spiro atoms. The highest BCUT2D eigenvalue weighted by Crippen LogP contribution is 2.25. The molecule has 168 valence electrons. The van der Waals surface area contributed by atoms with Crippen molar-refractivity contribution in [1.29, 1.82) is 0 Å². The van der Waals surface area contributed by atoms with Gasteiger partial charge in [-0.05, 0) is 60.0 Å². The van der Waals surface area contributed by atoms with Gasteiger partial charge in [0.25, 0.3) is 5.56 Å². The number of fused-ring (bicyclic) bond motifs is 2.